The molecule has 1 amide bonds. The van der Waals surface area contributed by atoms with Crippen LogP contribution in [0.5, 0.6) is 5.75 Å². The first-order chi connectivity index (χ1) is 12.6. The Hall–Kier alpha value is -2.66. The number of amides is 1. The highest BCUT2D eigenvalue weighted by Crippen LogP contribution is 2.23. The van der Waals surface area contributed by atoms with E-state index in [2.05, 4.69) is 4.98 Å². The van der Waals surface area contributed by atoms with E-state index in [0.717, 1.165) is 27.6 Å². The molecular weight excluding hydrogens is 344 g/mol. The number of thiazole rings is 1. The van der Waals surface area contributed by atoms with Crippen LogP contribution in [0.15, 0.2) is 60.0 Å². The standard InChI is InChI=1S/C21H22N2O2S/c1-16-8-6-7-11-19(16)25-13-12-23(2)20(24)14-18-15-26-21(22-18)17-9-4-3-5-10-17/h3-11,15H,12-14H2,1-2H3. The molecule has 0 spiro atoms. The summed E-state index contributed by atoms with van der Waals surface area (Å²) < 4.78 is 5.76. The SMILES string of the molecule is Cc1ccccc1OCCN(C)C(=O)Cc1csc(-c2ccccc2)n1. The van der Waals surface area contributed by atoms with Crippen LogP contribution in [0.2, 0.25) is 0 Å². The molecule has 0 aliphatic carbocycles. The second kappa shape index (κ2) is 8.63. The van der Waals surface area contributed by atoms with Crippen LogP contribution in [0.25, 0.3) is 10.6 Å². The van der Waals surface area contributed by atoms with Gasteiger partial charge in [0.1, 0.15) is 17.4 Å². The number of nitrogens with zero attached hydrogens (tertiary/aromatic N) is 2. The van der Waals surface area contributed by atoms with Crippen molar-refractivity contribution in [2.45, 2.75) is 13.3 Å². The first kappa shape index (κ1) is 18.1. The lowest BCUT2D eigenvalue weighted by atomic mass is 10.2. The van der Waals surface area contributed by atoms with E-state index < -0.39 is 0 Å². The third kappa shape index (κ3) is 4.70. The molecule has 0 saturated carbocycles. The smallest absolute Gasteiger partial charge is 0.228 e. The van der Waals surface area contributed by atoms with Gasteiger partial charge in [-0.05, 0) is 18.6 Å². The number of benzene rings is 2. The highest BCUT2D eigenvalue weighted by molar-refractivity contribution is 7.13. The van der Waals surface area contributed by atoms with Crippen LogP contribution in [0.1, 0.15) is 11.3 Å². The Bertz CT molecular complexity index is 861. The molecule has 1 heterocycles. The third-order valence-corrected chi connectivity index (χ3v) is 5.05. The molecule has 0 atom stereocenters. The van der Waals surface area contributed by atoms with E-state index in [1.807, 2.05) is 66.9 Å². The monoisotopic (exact) mass is 366 g/mol. The molecule has 0 unspecified atom stereocenters. The number of aryl methyl sites for hydroxylation is 1. The van der Waals surface area contributed by atoms with Crippen LogP contribution in [0.3, 0.4) is 0 Å². The minimum Gasteiger partial charge on any atom is -0.491 e. The summed E-state index contributed by atoms with van der Waals surface area (Å²) in [6.07, 6.45) is 0.310. The van der Waals surface area contributed by atoms with E-state index in [1.165, 1.54) is 0 Å². The van der Waals surface area contributed by atoms with Crippen molar-refractivity contribution in [3.63, 3.8) is 0 Å². The van der Waals surface area contributed by atoms with Crippen molar-refractivity contribution >= 4 is 17.2 Å². The van der Waals surface area contributed by atoms with Gasteiger partial charge in [-0.15, -0.1) is 11.3 Å². The number of carbonyl (C=O) groups excluding carboxylic acids is 1. The number of rotatable bonds is 7. The van der Waals surface area contributed by atoms with E-state index in [4.69, 9.17) is 4.74 Å². The molecule has 0 fully saturated rings. The summed E-state index contributed by atoms with van der Waals surface area (Å²) >= 11 is 1.57. The lowest BCUT2D eigenvalue weighted by Crippen LogP contribution is -2.32. The highest BCUT2D eigenvalue weighted by Gasteiger charge is 2.13. The number of hydrogen-bond donors (Lipinski definition) is 0. The average Bonchev–Trinajstić information content (AvgIpc) is 3.12. The van der Waals surface area contributed by atoms with Crippen molar-refractivity contribution < 1.29 is 9.53 Å². The molecule has 3 aromatic rings. The Labute approximate surface area is 158 Å². The van der Waals surface area contributed by atoms with E-state index in [-0.39, 0.29) is 5.91 Å². The molecule has 0 aliphatic heterocycles. The molecule has 3 rings (SSSR count). The maximum absolute atomic E-state index is 12.4. The zero-order chi connectivity index (χ0) is 18.4. The van der Waals surface area contributed by atoms with E-state index >= 15 is 0 Å². The van der Waals surface area contributed by atoms with Crippen molar-refractivity contribution in [3.8, 4) is 16.3 Å². The van der Waals surface area contributed by atoms with Gasteiger partial charge in [0.05, 0.1) is 18.7 Å². The quantitative estimate of drug-likeness (QED) is 0.629. The van der Waals surface area contributed by atoms with Gasteiger partial charge in [-0.2, -0.15) is 0 Å². The van der Waals surface area contributed by atoms with Gasteiger partial charge in [0.15, 0.2) is 0 Å². The fourth-order valence-corrected chi connectivity index (χ4v) is 3.35. The van der Waals surface area contributed by atoms with Gasteiger partial charge in [-0.3, -0.25) is 4.79 Å². The molecule has 0 bridgehead atoms. The second-order valence-electron chi connectivity index (χ2n) is 6.12. The highest BCUT2D eigenvalue weighted by atomic mass is 32.1. The first-order valence-corrected chi connectivity index (χ1v) is 9.43. The Morgan fingerprint density at radius 3 is 2.62 bits per heavy atom. The second-order valence-corrected chi connectivity index (χ2v) is 6.97. The summed E-state index contributed by atoms with van der Waals surface area (Å²) in [4.78, 5) is 18.7. The normalized spacial score (nSPS) is 10.5. The third-order valence-electron chi connectivity index (χ3n) is 4.11. The Morgan fingerprint density at radius 2 is 1.85 bits per heavy atom. The van der Waals surface area contributed by atoms with Gasteiger partial charge >= 0.3 is 0 Å². The summed E-state index contributed by atoms with van der Waals surface area (Å²) in [5.41, 5.74) is 2.99. The minimum absolute atomic E-state index is 0.0447. The van der Waals surface area contributed by atoms with Crippen LogP contribution >= 0.6 is 11.3 Å². The number of carbonyl (C=O) groups is 1. The number of para-hydroxylation sites is 1. The van der Waals surface area contributed by atoms with Crippen LogP contribution in [-0.2, 0) is 11.2 Å². The van der Waals surface area contributed by atoms with Crippen LogP contribution in [-0.4, -0.2) is 36.0 Å². The molecule has 4 nitrogen and oxygen atoms in total. The Kier molecular flexibility index (Phi) is 6.02. The minimum atomic E-state index is 0.0447. The molecule has 26 heavy (non-hydrogen) atoms. The molecule has 134 valence electrons. The number of hydrogen-bond acceptors (Lipinski definition) is 4. The topological polar surface area (TPSA) is 42.4 Å². The lowest BCUT2D eigenvalue weighted by Gasteiger charge is -2.17. The van der Waals surface area contributed by atoms with E-state index in [1.54, 1.807) is 23.3 Å². The zero-order valence-corrected chi connectivity index (χ0v) is 15.8. The van der Waals surface area contributed by atoms with Crippen molar-refractivity contribution in [1.29, 1.82) is 0 Å². The van der Waals surface area contributed by atoms with Crippen LogP contribution in [0.4, 0.5) is 0 Å². The Morgan fingerprint density at radius 1 is 1.12 bits per heavy atom. The summed E-state index contributed by atoms with van der Waals surface area (Å²) in [5, 5.41) is 2.90. The zero-order valence-electron chi connectivity index (χ0n) is 15.0. The van der Waals surface area contributed by atoms with E-state index in [0.29, 0.717) is 19.6 Å². The first-order valence-electron chi connectivity index (χ1n) is 8.55. The average molecular weight is 366 g/mol. The van der Waals surface area contributed by atoms with Gasteiger partial charge in [0.2, 0.25) is 5.91 Å². The largest absolute Gasteiger partial charge is 0.491 e. The van der Waals surface area contributed by atoms with Gasteiger partial charge in [0, 0.05) is 18.0 Å². The molecular formula is C21H22N2O2S. The van der Waals surface area contributed by atoms with E-state index in [9.17, 15) is 4.79 Å². The molecule has 2 aromatic carbocycles. The maximum Gasteiger partial charge on any atom is 0.228 e. The number of ether oxygens (including phenoxy) is 1. The van der Waals surface area contributed by atoms with Crippen LogP contribution < -0.4 is 4.74 Å². The molecule has 0 N–H and O–H groups in total. The van der Waals surface area contributed by atoms with Crippen molar-refractivity contribution in [3.05, 3.63) is 71.2 Å². The molecule has 5 heteroatoms. The van der Waals surface area contributed by atoms with Gasteiger partial charge in [-0.1, -0.05) is 48.5 Å². The lowest BCUT2D eigenvalue weighted by molar-refractivity contribution is -0.129. The Balaban J connectivity index is 1.50. The fraction of sp³-hybridized carbons (Fsp3) is 0.238. The number of aromatic nitrogens is 1. The maximum atomic E-state index is 12.4. The van der Waals surface area contributed by atoms with Crippen LogP contribution in [0, 0.1) is 6.92 Å². The van der Waals surface area contributed by atoms with Crippen molar-refractivity contribution in [2.75, 3.05) is 20.2 Å². The van der Waals surface area contributed by atoms with Gasteiger partial charge in [-0.25, -0.2) is 4.98 Å². The molecule has 0 aliphatic rings. The van der Waals surface area contributed by atoms with Crippen molar-refractivity contribution in [2.24, 2.45) is 0 Å². The molecule has 1 aromatic heterocycles. The predicted molar refractivity (Wildman–Crippen MR) is 106 cm³/mol. The summed E-state index contributed by atoms with van der Waals surface area (Å²) in [6.45, 7) is 3.03. The number of likely N-dealkylation sites (N-methyl/N-ethyl adjacent to an activating group) is 1. The molecule has 0 saturated heterocycles. The van der Waals surface area contributed by atoms with Gasteiger partial charge < -0.3 is 9.64 Å². The predicted octanol–water partition coefficient (Wildman–Crippen LogP) is 4.20. The summed E-state index contributed by atoms with van der Waals surface area (Å²) in [7, 11) is 1.80. The fourth-order valence-electron chi connectivity index (χ4n) is 2.53. The molecule has 0 radical (unpaired) electrons. The van der Waals surface area contributed by atoms with Gasteiger partial charge in [0.25, 0.3) is 0 Å². The summed E-state index contributed by atoms with van der Waals surface area (Å²) in [6, 6.07) is 17.9. The van der Waals surface area contributed by atoms with Crippen molar-refractivity contribution in [1.82, 2.24) is 9.88 Å². The summed E-state index contributed by atoms with van der Waals surface area (Å²) in [5.74, 6) is 0.906.